The van der Waals surface area contributed by atoms with Gasteiger partial charge in [-0.3, -0.25) is 6.42 Å². The van der Waals surface area contributed by atoms with Crippen molar-refractivity contribution in [1.29, 1.82) is 0 Å². The standard InChI is InChI=1S/C11H12F3O.CH2NO.U/c1-2-3-7-15-10-6-4-5-9(8-10)11(12,13)14;2-1-3;/h3-6,8H,2,7H2,1H3;(H2,2,3);/q2*-1;+2. The Labute approximate surface area is 134 Å². The van der Waals surface area contributed by atoms with Crippen molar-refractivity contribution in [1.82, 2.24) is 0 Å². The quantitative estimate of drug-likeness (QED) is 0.394. The van der Waals surface area contributed by atoms with Crippen LogP contribution in [0.15, 0.2) is 24.3 Å². The molecule has 0 heterocycles. The maximum Gasteiger partial charge on any atom is 2.00 e. The number of benzene rings is 1. The van der Waals surface area contributed by atoms with E-state index in [9.17, 15) is 13.2 Å². The summed E-state index contributed by atoms with van der Waals surface area (Å²) in [7, 11) is 0. The number of primary amides is 1. The van der Waals surface area contributed by atoms with Crippen LogP contribution in [0.3, 0.4) is 0 Å². The van der Waals surface area contributed by atoms with E-state index in [1.165, 1.54) is 12.1 Å². The average Bonchev–Trinajstić information content (AvgIpc) is 2.30. The van der Waals surface area contributed by atoms with Crippen LogP contribution in [0.5, 0.6) is 5.75 Å². The molecule has 0 fully saturated rings. The number of unbranched alkanes of at least 4 members (excludes halogenated alkanes) is 1. The summed E-state index contributed by atoms with van der Waals surface area (Å²) in [5.74, 6) is 0.245. The molecule has 0 spiro atoms. The largest absolute Gasteiger partial charge is 2.00 e. The van der Waals surface area contributed by atoms with E-state index in [1.54, 1.807) is 0 Å². The molecule has 0 aliphatic rings. The van der Waals surface area contributed by atoms with Crippen LogP contribution in [0.2, 0.25) is 0 Å². The van der Waals surface area contributed by atoms with Gasteiger partial charge in [0.05, 0.1) is 5.56 Å². The molecule has 1 amide bonds. The van der Waals surface area contributed by atoms with Crippen LogP contribution in [0.25, 0.3) is 0 Å². The van der Waals surface area contributed by atoms with Crippen LogP contribution in [0.4, 0.5) is 13.2 Å². The molecule has 0 atom stereocenters. The molecule has 0 bridgehead atoms. The zero-order valence-corrected chi connectivity index (χ0v) is 14.5. The molecule has 1 rings (SSSR count). The van der Waals surface area contributed by atoms with Gasteiger partial charge in [0.15, 0.2) is 0 Å². The molecule has 1 aromatic rings. The van der Waals surface area contributed by atoms with E-state index in [4.69, 9.17) is 9.53 Å². The fourth-order valence-electron chi connectivity index (χ4n) is 1.04. The minimum absolute atomic E-state index is 0. The average molecular weight is 499 g/mol. The van der Waals surface area contributed by atoms with Gasteiger partial charge in [-0.2, -0.15) is 26.0 Å². The van der Waals surface area contributed by atoms with Crippen LogP contribution in [0.1, 0.15) is 18.9 Å². The Hall–Kier alpha value is -0.668. The second kappa shape index (κ2) is 11.2. The van der Waals surface area contributed by atoms with Gasteiger partial charge in [-0.1, -0.05) is 13.0 Å². The van der Waals surface area contributed by atoms with E-state index in [0.29, 0.717) is 6.61 Å². The number of carbonyl (C=O) groups excluding carboxylic acids is 1. The first kappa shape index (κ1) is 20.6. The molecule has 7 heteroatoms. The van der Waals surface area contributed by atoms with Crippen LogP contribution < -0.4 is 10.5 Å². The fourth-order valence-corrected chi connectivity index (χ4v) is 1.04. The third kappa shape index (κ3) is 9.86. The van der Waals surface area contributed by atoms with E-state index < -0.39 is 11.7 Å². The first-order valence-corrected chi connectivity index (χ1v) is 5.15. The van der Waals surface area contributed by atoms with Crippen molar-refractivity contribution in [2.45, 2.75) is 19.5 Å². The molecule has 1 aromatic carbocycles. The summed E-state index contributed by atoms with van der Waals surface area (Å²) < 4.78 is 42.0. The van der Waals surface area contributed by atoms with Gasteiger partial charge < -0.3 is 15.3 Å². The molecular formula is C12H14F3NO2U. The molecule has 0 saturated heterocycles. The van der Waals surface area contributed by atoms with Crippen molar-refractivity contribution in [3.05, 3.63) is 36.2 Å². The Bertz CT molecular complexity index is 359. The normalized spacial score (nSPS) is 9.68. The first-order chi connectivity index (χ1) is 8.45. The molecule has 3 nitrogen and oxygen atoms in total. The topological polar surface area (TPSA) is 52.3 Å². The Morgan fingerprint density at radius 1 is 1.42 bits per heavy atom. The Balaban J connectivity index is 0. The zero-order valence-electron chi connectivity index (χ0n) is 10.3. The van der Waals surface area contributed by atoms with Crippen molar-refractivity contribution < 1.29 is 53.8 Å². The summed E-state index contributed by atoms with van der Waals surface area (Å²) in [4.78, 5) is 8.46. The smallest absolute Gasteiger partial charge is 0.543 e. The van der Waals surface area contributed by atoms with Crippen molar-refractivity contribution in [3.63, 3.8) is 0 Å². The number of alkyl halides is 3. The summed E-state index contributed by atoms with van der Waals surface area (Å²) in [6.07, 6.45) is -0.632. The van der Waals surface area contributed by atoms with Gasteiger partial charge in [0.1, 0.15) is 5.75 Å². The molecule has 19 heavy (non-hydrogen) atoms. The van der Waals surface area contributed by atoms with Gasteiger partial charge in [0.2, 0.25) is 0 Å². The second-order valence-corrected chi connectivity index (χ2v) is 3.15. The van der Waals surface area contributed by atoms with E-state index in [-0.39, 0.29) is 36.9 Å². The Morgan fingerprint density at radius 3 is 2.47 bits per heavy atom. The van der Waals surface area contributed by atoms with Gasteiger partial charge in [0, 0.05) is 0 Å². The molecule has 2 N–H and O–H groups in total. The minimum Gasteiger partial charge on any atom is -0.543 e. The third-order valence-corrected chi connectivity index (χ3v) is 1.82. The predicted molar refractivity (Wildman–Crippen MR) is 61.4 cm³/mol. The Kier molecular flexibility index (Phi) is 12.2. The van der Waals surface area contributed by atoms with Crippen molar-refractivity contribution in [3.8, 4) is 5.75 Å². The molecule has 0 aliphatic carbocycles. The van der Waals surface area contributed by atoms with E-state index in [2.05, 4.69) is 5.73 Å². The molecule has 0 saturated carbocycles. The van der Waals surface area contributed by atoms with Gasteiger partial charge in [-0.15, -0.1) is 0 Å². The van der Waals surface area contributed by atoms with E-state index in [1.807, 2.05) is 13.3 Å². The molecule has 0 aliphatic heterocycles. The van der Waals surface area contributed by atoms with Crippen LogP contribution >= 0.6 is 0 Å². The number of amides is 1. The van der Waals surface area contributed by atoms with Crippen LogP contribution in [0, 0.1) is 37.5 Å². The van der Waals surface area contributed by atoms with Crippen LogP contribution in [-0.4, -0.2) is 13.0 Å². The van der Waals surface area contributed by atoms with Gasteiger partial charge in [-0.05, 0) is 24.8 Å². The SMILES string of the molecule is CC[CH-]COc1cccc(C(F)(F)F)c1.N[C-]=O.[U+2]. The summed E-state index contributed by atoms with van der Waals surface area (Å²) in [6.45, 7) is 2.27. The van der Waals surface area contributed by atoms with E-state index >= 15 is 0 Å². The number of ether oxygens (including phenoxy) is 1. The van der Waals surface area contributed by atoms with Crippen molar-refractivity contribution in [2.24, 2.45) is 5.73 Å². The van der Waals surface area contributed by atoms with Gasteiger partial charge >= 0.3 is 37.3 Å². The minimum atomic E-state index is -4.31. The van der Waals surface area contributed by atoms with Gasteiger partial charge in [-0.25, -0.2) is 0 Å². The van der Waals surface area contributed by atoms with Gasteiger partial charge in [0.25, 0.3) is 0 Å². The fraction of sp³-hybridized carbons (Fsp3) is 0.333. The second-order valence-electron chi connectivity index (χ2n) is 3.15. The number of nitrogens with two attached hydrogens (primary N) is 1. The number of hydrogen-bond acceptors (Lipinski definition) is 2. The van der Waals surface area contributed by atoms with Crippen molar-refractivity contribution >= 4 is 6.41 Å². The molecule has 0 aromatic heterocycles. The number of halogens is 3. The third-order valence-electron chi connectivity index (χ3n) is 1.82. The predicted octanol–water partition coefficient (Wildman–Crippen LogP) is 2.71. The maximum absolute atomic E-state index is 12.3. The molecule has 0 radical (unpaired) electrons. The summed E-state index contributed by atoms with van der Waals surface area (Å²) >= 11 is 0. The molecular weight excluding hydrogens is 485 g/mol. The number of rotatable bonds is 4. The molecule has 104 valence electrons. The maximum atomic E-state index is 12.3. The first-order valence-electron chi connectivity index (χ1n) is 5.15. The van der Waals surface area contributed by atoms with Crippen molar-refractivity contribution in [2.75, 3.05) is 6.61 Å². The zero-order chi connectivity index (χ0) is 14.0. The summed E-state index contributed by atoms with van der Waals surface area (Å²) in [6, 6.07) is 4.88. The molecule has 0 unspecified atom stereocenters. The summed E-state index contributed by atoms with van der Waals surface area (Å²) in [5, 5.41) is 0. The van der Waals surface area contributed by atoms with Crippen LogP contribution in [-0.2, 0) is 11.0 Å². The Morgan fingerprint density at radius 2 is 2.00 bits per heavy atom. The monoisotopic (exact) mass is 499 g/mol. The number of hydrogen-bond donors (Lipinski definition) is 1. The van der Waals surface area contributed by atoms with E-state index in [0.717, 1.165) is 25.0 Å². The summed E-state index contributed by atoms with van der Waals surface area (Å²) in [5.41, 5.74) is 3.36.